The van der Waals surface area contributed by atoms with Gasteiger partial charge in [0.2, 0.25) is 0 Å². The van der Waals surface area contributed by atoms with Crippen LogP contribution in [0, 0.1) is 6.92 Å². The third-order valence-corrected chi connectivity index (χ3v) is 6.00. The summed E-state index contributed by atoms with van der Waals surface area (Å²) in [6, 6.07) is 13.8. The van der Waals surface area contributed by atoms with Crippen molar-refractivity contribution in [3.05, 3.63) is 71.0 Å². The van der Waals surface area contributed by atoms with Crippen molar-refractivity contribution in [2.24, 2.45) is 0 Å². The average molecular weight is 491 g/mol. The predicted octanol–water partition coefficient (Wildman–Crippen LogP) is 3.80. The maximum absolute atomic E-state index is 12.6. The zero-order valence-corrected chi connectivity index (χ0v) is 20.4. The fraction of sp³-hybridized carbons (Fsp3) is 0.440. The number of aliphatic hydroxyl groups excluding tert-OH is 2. The second kappa shape index (κ2) is 11.6. The number of alkyl halides is 2. The van der Waals surface area contributed by atoms with Crippen LogP contribution in [0.25, 0.3) is 0 Å². The summed E-state index contributed by atoms with van der Waals surface area (Å²) in [7, 11) is 0. The lowest BCUT2D eigenvalue weighted by Crippen LogP contribution is -2.24. The van der Waals surface area contributed by atoms with Crippen LogP contribution in [0.15, 0.2) is 48.7 Å². The number of halogens is 2. The van der Waals surface area contributed by atoms with E-state index in [0.29, 0.717) is 5.75 Å². The molecule has 0 spiro atoms. The van der Waals surface area contributed by atoms with Gasteiger partial charge in [0, 0.05) is 5.41 Å². The summed E-state index contributed by atoms with van der Waals surface area (Å²) < 4.78 is 25.3. The maximum atomic E-state index is 12.6. The van der Waals surface area contributed by atoms with Crippen LogP contribution in [-0.2, 0) is 18.6 Å². The van der Waals surface area contributed by atoms with Crippen LogP contribution in [0.4, 0.5) is 4.39 Å². The molecular weight excluding hydrogens is 460 g/mol. The van der Waals surface area contributed by atoms with Gasteiger partial charge in [-0.2, -0.15) is 0 Å². The van der Waals surface area contributed by atoms with Crippen molar-refractivity contribution < 1.29 is 24.1 Å². The molecule has 0 amide bonds. The summed E-state index contributed by atoms with van der Waals surface area (Å²) in [6.07, 6.45) is -0.0423. The molecule has 2 aromatic carbocycles. The van der Waals surface area contributed by atoms with Gasteiger partial charge in [0.05, 0.1) is 18.6 Å². The van der Waals surface area contributed by atoms with Gasteiger partial charge in [0.15, 0.2) is 0 Å². The minimum atomic E-state index is -0.806. The van der Waals surface area contributed by atoms with E-state index in [1.54, 1.807) is 0 Å². The van der Waals surface area contributed by atoms with Crippen LogP contribution < -0.4 is 9.47 Å². The standard InChI is InChI=1S/C25H31ClFN3O4/c1-17-10-19(6-9-24(17)34-15-21(31)11-26)25(2,3)18-4-7-23(8-5-18)33-16-22(32)14-30-13-20(12-27)28-29-30/h4-10,13,21-22,31-32H,11-12,14-16H2,1-3H3/t21-,22-/m1/s1/i27-1. The quantitative estimate of drug-likeness (QED) is 0.375. The summed E-state index contributed by atoms with van der Waals surface area (Å²) in [5, 5.41) is 27.2. The van der Waals surface area contributed by atoms with E-state index in [1.807, 2.05) is 43.3 Å². The first-order chi connectivity index (χ1) is 16.2. The van der Waals surface area contributed by atoms with E-state index in [0.717, 1.165) is 22.4 Å². The van der Waals surface area contributed by atoms with Crippen molar-refractivity contribution >= 4 is 11.6 Å². The summed E-state index contributed by atoms with van der Waals surface area (Å²) in [5.41, 5.74) is 3.17. The van der Waals surface area contributed by atoms with Gasteiger partial charge in [0.25, 0.3) is 0 Å². The normalized spacial score (nSPS) is 13.5. The molecule has 0 aliphatic carbocycles. The molecule has 2 atom stereocenters. The van der Waals surface area contributed by atoms with Gasteiger partial charge >= 0.3 is 0 Å². The second-order valence-corrected chi connectivity index (χ2v) is 9.09. The second-order valence-electron chi connectivity index (χ2n) is 8.78. The van der Waals surface area contributed by atoms with Crippen molar-refractivity contribution in [1.82, 2.24) is 15.0 Å². The molecule has 0 radical (unpaired) electrons. The molecule has 0 saturated heterocycles. The van der Waals surface area contributed by atoms with Crippen LogP contribution in [0.1, 0.15) is 36.2 Å². The Kier molecular flexibility index (Phi) is 8.88. The van der Waals surface area contributed by atoms with Crippen LogP contribution >= 0.6 is 11.6 Å². The number of benzene rings is 2. The maximum Gasteiger partial charge on any atom is 0.135 e. The van der Waals surface area contributed by atoms with Crippen LogP contribution in [0.3, 0.4) is 0 Å². The molecule has 0 aliphatic rings. The zero-order chi connectivity index (χ0) is 24.7. The number of hydrogen-bond acceptors (Lipinski definition) is 6. The smallest absolute Gasteiger partial charge is 0.135 e. The Hall–Kier alpha value is -2.68. The van der Waals surface area contributed by atoms with Crippen molar-refractivity contribution in [1.29, 1.82) is 0 Å². The Morgan fingerprint density at radius 3 is 2.32 bits per heavy atom. The SMILES string of the molecule is Cc1cc(C(C)(C)c2ccc(OC[C@H](O)Cn3cc(C[18F])nn3)cc2)ccc1OC[C@H](O)CCl. The van der Waals surface area contributed by atoms with Gasteiger partial charge in [0.1, 0.15) is 49.3 Å². The fourth-order valence-corrected chi connectivity index (χ4v) is 3.60. The highest BCUT2D eigenvalue weighted by atomic mass is 35.5. The molecule has 0 unspecified atom stereocenters. The van der Waals surface area contributed by atoms with Crippen molar-refractivity contribution in [3.63, 3.8) is 0 Å². The third-order valence-electron chi connectivity index (χ3n) is 5.65. The number of aliphatic hydroxyl groups is 2. The van der Waals surface area contributed by atoms with Gasteiger partial charge in [-0.05, 0) is 41.8 Å². The minimum Gasteiger partial charge on any atom is -0.491 e. The molecule has 9 heteroatoms. The number of ether oxygens (including phenoxy) is 2. The van der Waals surface area contributed by atoms with Gasteiger partial charge in [-0.15, -0.1) is 16.7 Å². The first-order valence-electron chi connectivity index (χ1n) is 11.1. The highest BCUT2D eigenvalue weighted by Crippen LogP contribution is 2.34. The number of aryl methyl sites for hydroxylation is 1. The average Bonchev–Trinajstić information content (AvgIpc) is 3.29. The van der Waals surface area contributed by atoms with Gasteiger partial charge in [-0.25, -0.2) is 9.07 Å². The molecule has 2 N–H and O–H groups in total. The molecule has 3 rings (SSSR count). The molecule has 0 saturated carbocycles. The summed E-state index contributed by atoms with van der Waals surface area (Å²) >= 11 is 5.63. The molecular formula is C25H31ClFN3O4. The zero-order valence-electron chi connectivity index (χ0n) is 19.6. The fourth-order valence-electron chi connectivity index (χ4n) is 3.52. The van der Waals surface area contributed by atoms with E-state index in [2.05, 4.69) is 30.2 Å². The van der Waals surface area contributed by atoms with Gasteiger partial charge in [-0.3, -0.25) is 0 Å². The monoisotopic (exact) mass is 490 g/mol. The van der Waals surface area contributed by atoms with E-state index in [9.17, 15) is 14.6 Å². The van der Waals surface area contributed by atoms with Gasteiger partial charge < -0.3 is 19.7 Å². The molecule has 0 bridgehead atoms. The van der Waals surface area contributed by atoms with E-state index in [1.165, 1.54) is 10.9 Å². The lowest BCUT2D eigenvalue weighted by Gasteiger charge is -2.27. The molecule has 1 heterocycles. The predicted molar refractivity (Wildman–Crippen MR) is 128 cm³/mol. The molecule has 184 valence electrons. The van der Waals surface area contributed by atoms with Crippen LogP contribution in [0.5, 0.6) is 11.5 Å². The Morgan fingerprint density at radius 1 is 1.03 bits per heavy atom. The van der Waals surface area contributed by atoms with Crippen molar-refractivity contribution in [2.45, 2.75) is 51.6 Å². The van der Waals surface area contributed by atoms with E-state index >= 15 is 0 Å². The molecule has 0 aliphatic heterocycles. The Labute approximate surface area is 204 Å². The highest BCUT2D eigenvalue weighted by Gasteiger charge is 2.24. The van der Waals surface area contributed by atoms with Crippen molar-refractivity contribution in [2.75, 3.05) is 19.1 Å². The number of nitrogens with zero attached hydrogens (tertiary/aromatic N) is 3. The Balaban J connectivity index is 1.59. The third kappa shape index (κ3) is 6.68. The molecule has 1 aromatic heterocycles. The van der Waals surface area contributed by atoms with Gasteiger partial charge in [-0.1, -0.05) is 43.3 Å². The first kappa shape index (κ1) is 25.9. The van der Waals surface area contributed by atoms with E-state index in [-0.39, 0.29) is 36.7 Å². The van der Waals surface area contributed by atoms with Crippen molar-refractivity contribution in [3.8, 4) is 11.5 Å². The number of rotatable bonds is 12. The minimum absolute atomic E-state index is 0.0760. The van der Waals surface area contributed by atoms with Crippen LogP contribution in [0.2, 0.25) is 0 Å². The highest BCUT2D eigenvalue weighted by molar-refractivity contribution is 6.18. The Morgan fingerprint density at radius 2 is 1.71 bits per heavy atom. The Bertz CT molecular complexity index is 1060. The van der Waals surface area contributed by atoms with Crippen LogP contribution in [-0.4, -0.2) is 56.5 Å². The summed E-state index contributed by atoms with van der Waals surface area (Å²) in [5.74, 6) is 1.49. The largest absolute Gasteiger partial charge is 0.491 e. The molecule has 0 fully saturated rings. The topological polar surface area (TPSA) is 89.6 Å². The molecule has 3 aromatic rings. The van der Waals surface area contributed by atoms with E-state index < -0.39 is 18.9 Å². The number of hydrogen-bond donors (Lipinski definition) is 2. The lowest BCUT2D eigenvalue weighted by atomic mass is 9.77. The summed E-state index contributed by atoms with van der Waals surface area (Å²) in [4.78, 5) is 0. The van der Waals surface area contributed by atoms with E-state index in [4.69, 9.17) is 21.1 Å². The first-order valence-corrected chi connectivity index (χ1v) is 11.6. The number of aromatic nitrogens is 3. The summed E-state index contributed by atoms with van der Waals surface area (Å²) in [6.45, 7) is 5.97. The molecule has 34 heavy (non-hydrogen) atoms. The molecule has 7 nitrogen and oxygen atoms in total. The lowest BCUT2D eigenvalue weighted by molar-refractivity contribution is 0.0888.